The molecule has 1 saturated carbocycles. The number of ketones is 1. The summed E-state index contributed by atoms with van der Waals surface area (Å²) >= 11 is 0. The van der Waals surface area contributed by atoms with Gasteiger partial charge in [-0.3, -0.25) is 4.79 Å². The standard InChI is InChI=1S/C19H20O2/c1-13-12-17(10-11-18(13)21-2)19(20)16-8-6-15(7-9-16)14-4-3-5-14/h6-12,14H,3-5H2,1-2H3. The molecule has 0 unspecified atom stereocenters. The third-order valence-electron chi connectivity index (χ3n) is 4.41. The lowest BCUT2D eigenvalue weighted by atomic mass is 9.80. The molecule has 1 aliphatic carbocycles. The SMILES string of the molecule is COc1ccc(C(=O)c2ccc(C3CCC3)cc2)cc1C. The average Bonchev–Trinajstić information content (AvgIpc) is 2.45. The number of carbonyl (C=O) groups is 1. The van der Waals surface area contributed by atoms with Crippen LogP contribution < -0.4 is 4.74 Å². The third-order valence-corrected chi connectivity index (χ3v) is 4.41. The topological polar surface area (TPSA) is 26.3 Å². The van der Waals surface area contributed by atoms with E-state index in [1.165, 1.54) is 24.8 Å². The van der Waals surface area contributed by atoms with Gasteiger partial charge in [0, 0.05) is 11.1 Å². The Balaban J connectivity index is 1.82. The molecule has 21 heavy (non-hydrogen) atoms. The van der Waals surface area contributed by atoms with Gasteiger partial charge >= 0.3 is 0 Å². The predicted molar refractivity (Wildman–Crippen MR) is 84.2 cm³/mol. The van der Waals surface area contributed by atoms with E-state index in [2.05, 4.69) is 12.1 Å². The number of carbonyl (C=O) groups excluding carboxylic acids is 1. The lowest BCUT2D eigenvalue weighted by Crippen LogP contribution is -2.09. The molecule has 108 valence electrons. The number of ether oxygens (including phenoxy) is 1. The average molecular weight is 280 g/mol. The van der Waals surface area contributed by atoms with Crippen LogP contribution >= 0.6 is 0 Å². The Morgan fingerprint density at radius 1 is 1.05 bits per heavy atom. The second-order valence-electron chi connectivity index (χ2n) is 5.76. The second kappa shape index (κ2) is 5.72. The first kappa shape index (κ1) is 13.9. The van der Waals surface area contributed by atoms with Gasteiger partial charge in [-0.2, -0.15) is 0 Å². The summed E-state index contributed by atoms with van der Waals surface area (Å²) in [6, 6.07) is 13.7. The van der Waals surface area contributed by atoms with Crippen molar-refractivity contribution in [2.45, 2.75) is 32.1 Å². The molecule has 0 saturated heterocycles. The van der Waals surface area contributed by atoms with Crippen LogP contribution in [0.2, 0.25) is 0 Å². The van der Waals surface area contributed by atoms with E-state index in [1.54, 1.807) is 7.11 Å². The fourth-order valence-corrected chi connectivity index (χ4v) is 2.83. The molecule has 2 aromatic rings. The Labute approximate surface area is 125 Å². The van der Waals surface area contributed by atoms with E-state index in [9.17, 15) is 4.79 Å². The molecular weight excluding hydrogens is 260 g/mol. The van der Waals surface area contributed by atoms with Crippen LogP contribution in [-0.4, -0.2) is 12.9 Å². The summed E-state index contributed by atoms with van der Waals surface area (Å²) in [4.78, 5) is 12.5. The Morgan fingerprint density at radius 3 is 2.24 bits per heavy atom. The summed E-state index contributed by atoms with van der Waals surface area (Å²) in [5, 5.41) is 0. The maximum absolute atomic E-state index is 12.5. The van der Waals surface area contributed by atoms with E-state index in [1.807, 2.05) is 37.3 Å². The molecule has 0 bridgehead atoms. The highest BCUT2D eigenvalue weighted by Crippen LogP contribution is 2.36. The van der Waals surface area contributed by atoms with E-state index >= 15 is 0 Å². The van der Waals surface area contributed by atoms with Crippen LogP contribution in [0, 0.1) is 6.92 Å². The molecule has 0 atom stereocenters. The van der Waals surface area contributed by atoms with Gasteiger partial charge in [-0.15, -0.1) is 0 Å². The molecule has 2 heteroatoms. The Bertz CT molecular complexity index is 652. The lowest BCUT2D eigenvalue weighted by molar-refractivity contribution is 0.103. The van der Waals surface area contributed by atoms with Gasteiger partial charge in [0.1, 0.15) is 5.75 Å². The van der Waals surface area contributed by atoms with Crippen molar-refractivity contribution >= 4 is 5.78 Å². The molecule has 0 radical (unpaired) electrons. The van der Waals surface area contributed by atoms with Crippen LogP contribution in [0.3, 0.4) is 0 Å². The van der Waals surface area contributed by atoms with Crippen LogP contribution in [-0.2, 0) is 0 Å². The summed E-state index contributed by atoms with van der Waals surface area (Å²) in [5.74, 6) is 1.59. The molecular formula is C19H20O2. The molecule has 2 aromatic carbocycles. The van der Waals surface area contributed by atoms with Crippen molar-refractivity contribution in [1.29, 1.82) is 0 Å². The molecule has 0 N–H and O–H groups in total. The van der Waals surface area contributed by atoms with Crippen LogP contribution in [0.1, 0.15) is 52.2 Å². The largest absolute Gasteiger partial charge is 0.496 e. The van der Waals surface area contributed by atoms with Crippen molar-refractivity contribution in [3.8, 4) is 5.75 Å². The zero-order valence-electron chi connectivity index (χ0n) is 12.6. The zero-order valence-corrected chi connectivity index (χ0v) is 12.6. The van der Waals surface area contributed by atoms with Crippen LogP contribution in [0.15, 0.2) is 42.5 Å². The predicted octanol–water partition coefficient (Wildman–Crippen LogP) is 4.50. The van der Waals surface area contributed by atoms with Crippen molar-refractivity contribution in [1.82, 2.24) is 0 Å². The molecule has 1 fully saturated rings. The van der Waals surface area contributed by atoms with Gasteiger partial charge in [0.2, 0.25) is 0 Å². The summed E-state index contributed by atoms with van der Waals surface area (Å²) in [6.07, 6.45) is 3.90. The van der Waals surface area contributed by atoms with Crippen LogP contribution in [0.25, 0.3) is 0 Å². The minimum absolute atomic E-state index is 0.0703. The van der Waals surface area contributed by atoms with Crippen molar-refractivity contribution in [2.24, 2.45) is 0 Å². The maximum atomic E-state index is 12.5. The van der Waals surface area contributed by atoms with Crippen molar-refractivity contribution in [3.63, 3.8) is 0 Å². The first-order valence-electron chi connectivity index (χ1n) is 7.48. The number of rotatable bonds is 4. The Hall–Kier alpha value is -2.09. The molecule has 0 heterocycles. The normalized spacial score (nSPS) is 14.6. The minimum Gasteiger partial charge on any atom is -0.496 e. The molecule has 0 aromatic heterocycles. The fourth-order valence-electron chi connectivity index (χ4n) is 2.83. The monoisotopic (exact) mass is 280 g/mol. The zero-order chi connectivity index (χ0) is 14.8. The Morgan fingerprint density at radius 2 is 1.71 bits per heavy atom. The number of hydrogen-bond donors (Lipinski definition) is 0. The van der Waals surface area contributed by atoms with E-state index in [0.29, 0.717) is 11.5 Å². The fraction of sp³-hybridized carbons (Fsp3) is 0.316. The summed E-state index contributed by atoms with van der Waals surface area (Å²) in [6.45, 7) is 1.95. The second-order valence-corrected chi connectivity index (χ2v) is 5.76. The van der Waals surface area contributed by atoms with Gasteiger partial charge in [0.15, 0.2) is 5.78 Å². The van der Waals surface area contributed by atoms with Crippen molar-refractivity contribution in [2.75, 3.05) is 7.11 Å². The van der Waals surface area contributed by atoms with Crippen molar-refractivity contribution < 1.29 is 9.53 Å². The highest BCUT2D eigenvalue weighted by atomic mass is 16.5. The van der Waals surface area contributed by atoms with Gasteiger partial charge in [0.05, 0.1) is 7.11 Å². The van der Waals surface area contributed by atoms with E-state index in [-0.39, 0.29) is 5.78 Å². The Kier molecular flexibility index (Phi) is 3.78. The molecule has 2 nitrogen and oxygen atoms in total. The molecule has 0 amide bonds. The van der Waals surface area contributed by atoms with Gasteiger partial charge in [-0.1, -0.05) is 30.7 Å². The smallest absolute Gasteiger partial charge is 0.193 e. The van der Waals surface area contributed by atoms with Crippen LogP contribution in [0.5, 0.6) is 5.75 Å². The third kappa shape index (κ3) is 2.71. The van der Waals surface area contributed by atoms with E-state index in [0.717, 1.165) is 16.9 Å². The lowest BCUT2D eigenvalue weighted by Gasteiger charge is -2.25. The van der Waals surface area contributed by atoms with E-state index in [4.69, 9.17) is 4.74 Å². The van der Waals surface area contributed by atoms with Gasteiger partial charge < -0.3 is 4.74 Å². The number of aryl methyl sites for hydroxylation is 1. The maximum Gasteiger partial charge on any atom is 0.193 e. The highest BCUT2D eigenvalue weighted by molar-refractivity contribution is 6.09. The minimum atomic E-state index is 0.0703. The highest BCUT2D eigenvalue weighted by Gasteiger charge is 2.19. The molecule has 1 aliphatic rings. The van der Waals surface area contributed by atoms with Gasteiger partial charge in [-0.05, 0) is 55.0 Å². The summed E-state index contributed by atoms with van der Waals surface area (Å²) in [5.41, 5.74) is 3.81. The molecule has 0 spiro atoms. The molecule has 3 rings (SSSR count). The first-order valence-corrected chi connectivity index (χ1v) is 7.48. The summed E-state index contributed by atoms with van der Waals surface area (Å²) < 4.78 is 5.23. The number of benzene rings is 2. The summed E-state index contributed by atoms with van der Waals surface area (Å²) in [7, 11) is 1.64. The van der Waals surface area contributed by atoms with Crippen molar-refractivity contribution in [3.05, 3.63) is 64.7 Å². The van der Waals surface area contributed by atoms with Crippen LogP contribution in [0.4, 0.5) is 0 Å². The van der Waals surface area contributed by atoms with Gasteiger partial charge in [0.25, 0.3) is 0 Å². The number of methoxy groups -OCH3 is 1. The first-order chi connectivity index (χ1) is 10.2. The molecule has 0 aliphatic heterocycles. The van der Waals surface area contributed by atoms with E-state index < -0.39 is 0 Å². The van der Waals surface area contributed by atoms with Gasteiger partial charge in [-0.25, -0.2) is 0 Å². The quantitative estimate of drug-likeness (QED) is 0.771. The number of hydrogen-bond acceptors (Lipinski definition) is 2.